The molecule has 0 aliphatic rings. The fourth-order valence-corrected chi connectivity index (χ4v) is 4.27. The number of carbonyl (C=O) groups is 1. The number of rotatable bonds is 7. The quantitative estimate of drug-likeness (QED) is 0.630. The highest BCUT2D eigenvalue weighted by atomic mass is 32.2. The van der Waals surface area contributed by atoms with Crippen LogP contribution in [-0.2, 0) is 27.9 Å². The summed E-state index contributed by atoms with van der Waals surface area (Å²) in [4.78, 5) is 12.2. The maximum Gasteiger partial charge on any atom is 0.287 e. The minimum atomic E-state index is -3.50. The molecule has 3 rings (SSSR count). The Balaban J connectivity index is 1.62. The third-order valence-electron chi connectivity index (χ3n) is 4.34. The third-order valence-corrected chi connectivity index (χ3v) is 5.81. The molecule has 0 atom stereocenters. The van der Waals surface area contributed by atoms with E-state index in [1.54, 1.807) is 12.1 Å². The van der Waals surface area contributed by atoms with Crippen molar-refractivity contribution in [1.29, 1.82) is 0 Å². The molecular formula is C21H19F2NO4S. The lowest BCUT2D eigenvalue weighted by Crippen LogP contribution is -2.22. The van der Waals surface area contributed by atoms with Crippen LogP contribution in [0.25, 0.3) is 0 Å². The molecule has 0 aliphatic heterocycles. The van der Waals surface area contributed by atoms with Crippen LogP contribution in [0.2, 0.25) is 0 Å². The number of hydrogen-bond acceptors (Lipinski definition) is 4. The highest BCUT2D eigenvalue weighted by molar-refractivity contribution is 7.89. The van der Waals surface area contributed by atoms with E-state index in [0.29, 0.717) is 5.56 Å². The number of nitrogens with one attached hydrogen (secondary N) is 1. The zero-order valence-electron chi connectivity index (χ0n) is 15.6. The molecule has 152 valence electrons. The predicted molar refractivity (Wildman–Crippen MR) is 104 cm³/mol. The second kappa shape index (κ2) is 8.57. The molecule has 2 aromatic carbocycles. The molecule has 29 heavy (non-hydrogen) atoms. The van der Waals surface area contributed by atoms with Crippen molar-refractivity contribution in [2.75, 3.05) is 0 Å². The number of carbonyl (C=O) groups excluding carboxylic acids is 1. The summed E-state index contributed by atoms with van der Waals surface area (Å²) in [6.07, 6.45) is 0. The lowest BCUT2D eigenvalue weighted by molar-refractivity contribution is 0.0921. The van der Waals surface area contributed by atoms with Crippen molar-refractivity contribution in [1.82, 2.24) is 5.32 Å². The highest BCUT2D eigenvalue weighted by Gasteiger charge is 2.19. The van der Waals surface area contributed by atoms with E-state index >= 15 is 0 Å². The third kappa shape index (κ3) is 5.51. The van der Waals surface area contributed by atoms with E-state index in [4.69, 9.17) is 4.42 Å². The van der Waals surface area contributed by atoms with Crippen LogP contribution < -0.4 is 5.32 Å². The van der Waals surface area contributed by atoms with Gasteiger partial charge in [0.05, 0.1) is 5.75 Å². The SMILES string of the molecule is Cc1ccccc1CS(=O)(=O)Cc1ccc(C(=O)NCc2ccc(F)cc2F)o1. The van der Waals surface area contributed by atoms with Crippen molar-refractivity contribution in [3.05, 3.63) is 94.4 Å². The van der Waals surface area contributed by atoms with E-state index in [1.807, 2.05) is 19.1 Å². The molecule has 5 nitrogen and oxygen atoms in total. The topological polar surface area (TPSA) is 76.4 Å². The molecule has 0 bridgehead atoms. The molecule has 0 saturated heterocycles. The number of aryl methyl sites for hydroxylation is 1. The monoisotopic (exact) mass is 419 g/mol. The molecule has 1 heterocycles. The van der Waals surface area contributed by atoms with Gasteiger partial charge in [0.2, 0.25) is 0 Å². The summed E-state index contributed by atoms with van der Waals surface area (Å²) in [7, 11) is -3.50. The maximum absolute atomic E-state index is 13.6. The van der Waals surface area contributed by atoms with E-state index in [9.17, 15) is 22.0 Å². The zero-order valence-corrected chi connectivity index (χ0v) is 16.4. The average Bonchev–Trinajstić information content (AvgIpc) is 3.10. The Morgan fingerprint density at radius 3 is 2.48 bits per heavy atom. The summed E-state index contributed by atoms with van der Waals surface area (Å²) in [5, 5.41) is 2.45. The normalized spacial score (nSPS) is 11.4. The molecule has 8 heteroatoms. The fraction of sp³-hybridized carbons (Fsp3) is 0.190. The van der Waals surface area contributed by atoms with Gasteiger partial charge in [0.1, 0.15) is 23.1 Å². The second-order valence-electron chi connectivity index (χ2n) is 6.64. The van der Waals surface area contributed by atoms with Gasteiger partial charge in [-0.2, -0.15) is 0 Å². The standard InChI is InChI=1S/C21H19F2NO4S/c1-14-4-2-3-5-16(14)12-29(26,27)13-18-8-9-20(28-18)21(25)24-11-15-6-7-17(22)10-19(15)23/h2-10H,11-13H2,1H3,(H,24,25). The van der Waals surface area contributed by atoms with Crippen LogP contribution in [0.1, 0.15) is 33.0 Å². The number of amides is 1. The molecule has 1 N–H and O–H groups in total. The summed E-state index contributed by atoms with van der Waals surface area (Å²) in [5.41, 5.74) is 1.70. The van der Waals surface area contributed by atoms with Crippen molar-refractivity contribution in [3.8, 4) is 0 Å². The number of furan rings is 1. The molecule has 1 aromatic heterocycles. The van der Waals surface area contributed by atoms with Gasteiger partial charge in [-0.25, -0.2) is 17.2 Å². The largest absolute Gasteiger partial charge is 0.455 e. The van der Waals surface area contributed by atoms with Gasteiger partial charge in [-0.05, 0) is 36.2 Å². The van der Waals surface area contributed by atoms with Gasteiger partial charge in [0, 0.05) is 18.2 Å². The van der Waals surface area contributed by atoms with Crippen molar-refractivity contribution >= 4 is 15.7 Å². The Labute approximate surface area is 167 Å². The van der Waals surface area contributed by atoms with E-state index in [2.05, 4.69) is 5.32 Å². The molecule has 0 radical (unpaired) electrons. The Bertz CT molecular complexity index is 1140. The Hall–Kier alpha value is -3.00. The first-order chi connectivity index (χ1) is 13.7. The molecule has 0 saturated carbocycles. The molecule has 0 aliphatic carbocycles. The predicted octanol–water partition coefficient (Wildman–Crippen LogP) is 3.91. The van der Waals surface area contributed by atoms with E-state index in [1.165, 1.54) is 18.2 Å². The van der Waals surface area contributed by atoms with Crippen molar-refractivity contribution in [2.45, 2.75) is 25.0 Å². The van der Waals surface area contributed by atoms with Crippen LogP contribution in [0.15, 0.2) is 59.0 Å². The first-order valence-electron chi connectivity index (χ1n) is 8.79. The van der Waals surface area contributed by atoms with Crippen LogP contribution >= 0.6 is 0 Å². The first-order valence-corrected chi connectivity index (χ1v) is 10.6. The Morgan fingerprint density at radius 1 is 1.00 bits per heavy atom. The van der Waals surface area contributed by atoms with E-state index in [-0.39, 0.29) is 35.1 Å². The van der Waals surface area contributed by atoms with E-state index in [0.717, 1.165) is 17.7 Å². The number of hydrogen-bond donors (Lipinski definition) is 1. The van der Waals surface area contributed by atoms with Crippen LogP contribution in [0, 0.1) is 18.6 Å². The van der Waals surface area contributed by atoms with Gasteiger partial charge in [0.15, 0.2) is 15.6 Å². The number of halogens is 2. The molecule has 0 spiro atoms. The first kappa shape index (κ1) is 20.7. The van der Waals surface area contributed by atoms with Crippen LogP contribution in [0.3, 0.4) is 0 Å². The lowest BCUT2D eigenvalue weighted by Gasteiger charge is -2.06. The van der Waals surface area contributed by atoms with Crippen molar-refractivity contribution in [2.24, 2.45) is 0 Å². The van der Waals surface area contributed by atoms with Crippen molar-refractivity contribution in [3.63, 3.8) is 0 Å². The van der Waals surface area contributed by atoms with Crippen molar-refractivity contribution < 1.29 is 26.4 Å². The van der Waals surface area contributed by atoms with Gasteiger partial charge < -0.3 is 9.73 Å². The molecular weight excluding hydrogens is 400 g/mol. The molecule has 0 unspecified atom stereocenters. The average molecular weight is 419 g/mol. The summed E-state index contributed by atoms with van der Waals surface area (Å²) in [5.74, 6) is -2.54. The minimum absolute atomic E-state index is 0.0892. The highest BCUT2D eigenvalue weighted by Crippen LogP contribution is 2.17. The second-order valence-corrected chi connectivity index (χ2v) is 8.71. The van der Waals surface area contributed by atoms with Gasteiger partial charge in [-0.15, -0.1) is 0 Å². The minimum Gasteiger partial charge on any atom is -0.455 e. The van der Waals surface area contributed by atoms with Crippen LogP contribution in [0.5, 0.6) is 0 Å². The van der Waals surface area contributed by atoms with Gasteiger partial charge in [0.25, 0.3) is 5.91 Å². The molecule has 3 aromatic rings. The number of sulfone groups is 1. The maximum atomic E-state index is 13.6. The van der Waals surface area contributed by atoms with Gasteiger partial charge in [-0.1, -0.05) is 30.3 Å². The summed E-state index contributed by atoms with van der Waals surface area (Å²) >= 11 is 0. The summed E-state index contributed by atoms with van der Waals surface area (Å²) < 4.78 is 56.8. The number of benzene rings is 2. The summed E-state index contributed by atoms with van der Waals surface area (Å²) in [6.45, 7) is 1.68. The van der Waals surface area contributed by atoms with E-state index < -0.39 is 27.4 Å². The fourth-order valence-electron chi connectivity index (χ4n) is 2.78. The smallest absolute Gasteiger partial charge is 0.287 e. The zero-order chi connectivity index (χ0) is 21.0. The Kier molecular flexibility index (Phi) is 6.12. The van der Waals surface area contributed by atoms with Gasteiger partial charge >= 0.3 is 0 Å². The molecule has 1 amide bonds. The summed E-state index contributed by atoms with van der Waals surface area (Å²) in [6, 6.07) is 13.0. The Morgan fingerprint density at radius 2 is 1.76 bits per heavy atom. The van der Waals surface area contributed by atoms with Gasteiger partial charge in [-0.3, -0.25) is 4.79 Å². The lowest BCUT2D eigenvalue weighted by atomic mass is 10.1. The molecule has 0 fully saturated rings. The van der Waals surface area contributed by atoms with Crippen LogP contribution in [-0.4, -0.2) is 14.3 Å². The van der Waals surface area contributed by atoms with Crippen LogP contribution in [0.4, 0.5) is 8.78 Å².